The third kappa shape index (κ3) is 3.65. The van der Waals surface area contributed by atoms with Crippen LogP contribution in [0.1, 0.15) is 25.8 Å². The van der Waals surface area contributed by atoms with Crippen LogP contribution in [0.25, 0.3) is 0 Å². The molecule has 0 amide bonds. The third-order valence-electron chi connectivity index (χ3n) is 2.88. The molecule has 0 spiro atoms. The normalized spacial score (nSPS) is 18.6. The summed E-state index contributed by atoms with van der Waals surface area (Å²) in [4.78, 5) is 4.42. The maximum absolute atomic E-state index is 13.2. The summed E-state index contributed by atoms with van der Waals surface area (Å²) in [5.74, 6) is -0.437. The molecule has 0 radical (unpaired) electrons. The van der Waals surface area contributed by atoms with Gasteiger partial charge in [-0.05, 0) is 38.5 Å². The first-order valence-corrected chi connectivity index (χ1v) is 7.02. The van der Waals surface area contributed by atoms with Gasteiger partial charge in [0.15, 0.2) is 5.17 Å². The molecule has 2 rings (SSSR count). The van der Waals surface area contributed by atoms with Crippen molar-refractivity contribution in [1.82, 2.24) is 0 Å². The Labute approximate surface area is 118 Å². The summed E-state index contributed by atoms with van der Waals surface area (Å²) < 4.78 is 51.1. The molecule has 20 heavy (non-hydrogen) atoms. The van der Waals surface area contributed by atoms with E-state index in [0.717, 1.165) is 24.3 Å². The quantitative estimate of drug-likeness (QED) is 0.771. The summed E-state index contributed by atoms with van der Waals surface area (Å²) in [7, 11) is 0. The molecule has 0 aliphatic carbocycles. The largest absolute Gasteiger partial charge is 0.419 e. The summed E-state index contributed by atoms with van der Waals surface area (Å²) >= 11 is 1.44. The number of anilines is 1. The molecule has 0 aromatic heterocycles. The summed E-state index contributed by atoms with van der Waals surface area (Å²) in [6, 6.07) is 2.85. The third-order valence-corrected chi connectivity index (χ3v) is 3.75. The average molecular weight is 306 g/mol. The lowest BCUT2D eigenvalue weighted by Crippen LogP contribution is -2.27. The van der Waals surface area contributed by atoms with Gasteiger partial charge in [-0.25, -0.2) is 4.39 Å². The van der Waals surface area contributed by atoms with E-state index in [4.69, 9.17) is 0 Å². The van der Waals surface area contributed by atoms with Gasteiger partial charge in [-0.15, -0.1) is 0 Å². The summed E-state index contributed by atoms with van der Waals surface area (Å²) in [5, 5.41) is 3.38. The van der Waals surface area contributed by atoms with Gasteiger partial charge in [0.1, 0.15) is 5.82 Å². The van der Waals surface area contributed by atoms with Crippen molar-refractivity contribution in [3.05, 3.63) is 29.6 Å². The number of hydrogen-bond acceptors (Lipinski definition) is 3. The molecule has 1 aromatic rings. The highest BCUT2D eigenvalue weighted by Crippen LogP contribution is 2.33. The van der Waals surface area contributed by atoms with E-state index in [-0.39, 0.29) is 11.2 Å². The monoisotopic (exact) mass is 306 g/mol. The van der Waals surface area contributed by atoms with Crippen LogP contribution in [-0.4, -0.2) is 16.5 Å². The first-order chi connectivity index (χ1) is 9.17. The second-order valence-electron chi connectivity index (χ2n) is 5.15. The Bertz CT molecular complexity index is 538. The number of halogens is 4. The molecular formula is C13H14F4N2S. The van der Waals surface area contributed by atoms with E-state index in [1.54, 1.807) is 0 Å². The second-order valence-corrected chi connectivity index (χ2v) is 6.23. The van der Waals surface area contributed by atoms with Crippen molar-refractivity contribution in [2.75, 3.05) is 11.1 Å². The van der Waals surface area contributed by atoms with Crippen LogP contribution in [0.5, 0.6) is 0 Å². The SMILES string of the molecule is CC1(C)CCSC(Nc2ccc(F)c(C(F)(F)F)c2)=N1. The predicted octanol–water partition coefficient (Wildman–Crippen LogP) is 4.53. The first kappa shape index (κ1) is 15.2. The van der Waals surface area contributed by atoms with Crippen LogP contribution in [0.15, 0.2) is 23.2 Å². The second kappa shape index (κ2) is 5.27. The number of nitrogens with zero attached hydrogens (tertiary/aromatic N) is 1. The Morgan fingerprint density at radius 1 is 1.30 bits per heavy atom. The molecule has 0 fully saturated rings. The number of amidine groups is 1. The Kier molecular flexibility index (Phi) is 4.00. The zero-order valence-corrected chi connectivity index (χ0v) is 11.8. The zero-order chi connectivity index (χ0) is 15.0. The number of rotatable bonds is 1. The Morgan fingerprint density at radius 3 is 2.60 bits per heavy atom. The highest BCUT2D eigenvalue weighted by Gasteiger charge is 2.34. The van der Waals surface area contributed by atoms with Crippen LogP contribution in [0.3, 0.4) is 0 Å². The van der Waals surface area contributed by atoms with Crippen LogP contribution in [0.2, 0.25) is 0 Å². The van der Waals surface area contributed by atoms with Gasteiger partial charge in [-0.2, -0.15) is 13.2 Å². The van der Waals surface area contributed by atoms with Crippen molar-refractivity contribution in [2.24, 2.45) is 4.99 Å². The van der Waals surface area contributed by atoms with Crippen LogP contribution < -0.4 is 5.32 Å². The fraction of sp³-hybridized carbons (Fsp3) is 0.462. The molecule has 0 saturated heterocycles. The van der Waals surface area contributed by atoms with E-state index in [1.807, 2.05) is 13.8 Å². The Balaban J connectivity index is 2.25. The highest BCUT2D eigenvalue weighted by molar-refractivity contribution is 8.14. The summed E-state index contributed by atoms with van der Waals surface area (Å²) in [5.41, 5.74) is -1.33. The minimum absolute atomic E-state index is 0.183. The van der Waals surface area contributed by atoms with Gasteiger partial charge in [-0.3, -0.25) is 4.99 Å². The molecule has 1 N–H and O–H groups in total. The molecule has 0 atom stereocenters. The molecule has 110 valence electrons. The minimum atomic E-state index is -4.71. The van der Waals surface area contributed by atoms with E-state index in [9.17, 15) is 17.6 Å². The number of aliphatic imine (C=N–C) groups is 1. The van der Waals surface area contributed by atoms with E-state index in [0.29, 0.717) is 5.17 Å². The lowest BCUT2D eigenvalue weighted by molar-refractivity contribution is -0.139. The topological polar surface area (TPSA) is 24.4 Å². The molecule has 0 bridgehead atoms. The van der Waals surface area contributed by atoms with Crippen molar-refractivity contribution < 1.29 is 17.6 Å². The highest BCUT2D eigenvalue weighted by atomic mass is 32.2. The zero-order valence-electron chi connectivity index (χ0n) is 11.0. The van der Waals surface area contributed by atoms with Crippen molar-refractivity contribution in [2.45, 2.75) is 32.0 Å². The fourth-order valence-electron chi connectivity index (χ4n) is 1.77. The standard InChI is InChI=1S/C13H14F4N2S/c1-12(2)5-6-20-11(19-12)18-8-3-4-10(14)9(7-8)13(15,16)17/h3-4,7H,5-6H2,1-2H3,(H,18,19). The van der Waals surface area contributed by atoms with Gasteiger partial charge < -0.3 is 5.32 Å². The van der Waals surface area contributed by atoms with Gasteiger partial charge >= 0.3 is 6.18 Å². The smallest absolute Gasteiger partial charge is 0.335 e. The molecule has 0 unspecified atom stereocenters. The molecule has 0 saturated carbocycles. The summed E-state index contributed by atoms with van der Waals surface area (Å²) in [6.45, 7) is 3.92. The van der Waals surface area contributed by atoms with E-state index >= 15 is 0 Å². The van der Waals surface area contributed by atoms with Gasteiger partial charge in [0.05, 0.1) is 11.1 Å². The number of benzene rings is 1. The molecule has 1 aliphatic rings. The number of thioether (sulfide) groups is 1. The molecule has 7 heteroatoms. The lowest BCUT2D eigenvalue weighted by atomic mass is 10.0. The van der Waals surface area contributed by atoms with Crippen LogP contribution in [-0.2, 0) is 6.18 Å². The first-order valence-electron chi connectivity index (χ1n) is 6.04. The fourth-order valence-corrected chi connectivity index (χ4v) is 3.06. The number of alkyl halides is 3. The predicted molar refractivity (Wildman–Crippen MR) is 73.6 cm³/mol. The number of hydrogen-bond donors (Lipinski definition) is 1. The van der Waals surface area contributed by atoms with Crippen LogP contribution in [0, 0.1) is 5.82 Å². The summed E-state index contributed by atoms with van der Waals surface area (Å²) in [6.07, 6.45) is -3.80. The molecule has 1 aliphatic heterocycles. The van der Waals surface area contributed by atoms with E-state index in [1.165, 1.54) is 17.8 Å². The molecule has 1 aromatic carbocycles. The maximum atomic E-state index is 13.2. The van der Waals surface area contributed by atoms with Gasteiger partial charge in [0.2, 0.25) is 0 Å². The maximum Gasteiger partial charge on any atom is 0.419 e. The van der Waals surface area contributed by atoms with Gasteiger partial charge in [-0.1, -0.05) is 11.8 Å². The van der Waals surface area contributed by atoms with Crippen molar-refractivity contribution in [1.29, 1.82) is 0 Å². The molecule has 1 heterocycles. The van der Waals surface area contributed by atoms with E-state index < -0.39 is 17.6 Å². The Morgan fingerprint density at radius 2 is 2.00 bits per heavy atom. The van der Waals surface area contributed by atoms with Gasteiger partial charge in [0, 0.05) is 11.4 Å². The van der Waals surface area contributed by atoms with Crippen LogP contribution in [0.4, 0.5) is 23.2 Å². The van der Waals surface area contributed by atoms with Crippen molar-refractivity contribution in [3.63, 3.8) is 0 Å². The Hall–Kier alpha value is -1.24. The van der Waals surface area contributed by atoms with E-state index in [2.05, 4.69) is 10.3 Å². The van der Waals surface area contributed by atoms with Crippen LogP contribution >= 0.6 is 11.8 Å². The van der Waals surface area contributed by atoms with Crippen molar-refractivity contribution in [3.8, 4) is 0 Å². The minimum Gasteiger partial charge on any atom is -0.335 e. The lowest BCUT2D eigenvalue weighted by Gasteiger charge is -2.26. The average Bonchev–Trinajstić information content (AvgIpc) is 2.29. The molecular weight excluding hydrogens is 292 g/mol. The van der Waals surface area contributed by atoms with Gasteiger partial charge in [0.25, 0.3) is 0 Å². The molecule has 2 nitrogen and oxygen atoms in total. The number of nitrogens with one attached hydrogen (secondary N) is 1. The van der Waals surface area contributed by atoms with Crippen molar-refractivity contribution >= 4 is 22.6 Å².